The SMILES string of the molecule is COc1cc(F)c(C(C)(C)CCO)c(F)c1. The number of aliphatic hydroxyl groups excluding tert-OH is 1. The summed E-state index contributed by atoms with van der Waals surface area (Å²) in [4.78, 5) is 0. The second-order valence-corrected chi connectivity index (χ2v) is 4.32. The number of methoxy groups -OCH3 is 1. The molecule has 0 radical (unpaired) electrons. The Morgan fingerprint density at radius 1 is 1.25 bits per heavy atom. The third kappa shape index (κ3) is 2.50. The normalized spacial score (nSPS) is 11.6. The zero-order valence-electron chi connectivity index (χ0n) is 9.68. The van der Waals surface area contributed by atoms with E-state index in [9.17, 15) is 8.78 Å². The molecular formula is C12H16F2O2. The summed E-state index contributed by atoms with van der Waals surface area (Å²) in [5.41, 5.74) is -0.753. The lowest BCUT2D eigenvalue weighted by Crippen LogP contribution is -2.22. The number of halogens is 2. The molecule has 1 aromatic rings. The van der Waals surface area contributed by atoms with Crippen molar-refractivity contribution in [2.45, 2.75) is 25.7 Å². The van der Waals surface area contributed by atoms with Crippen molar-refractivity contribution in [1.82, 2.24) is 0 Å². The molecule has 1 rings (SSSR count). The molecule has 0 saturated carbocycles. The van der Waals surface area contributed by atoms with Crippen LogP contribution in [0.3, 0.4) is 0 Å². The molecule has 0 fully saturated rings. The van der Waals surface area contributed by atoms with Crippen LogP contribution >= 0.6 is 0 Å². The van der Waals surface area contributed by atoms with Gasteiger partial charge in [0.2, 0.25) is 0 Å². The smallest absolute Gasteiger partial charge is 0.133 e. The van der Waals surface area contributed by atoms with E-state index in [0.29, 0.717) is 6.42 Å². The second kappa shape index (κ2) is 4.78. The van der Waals surface area contributed by atoms with Crippen LogP contribution in [0.2, 0.25) is 0 Å². The summed E-state index contributed by atoms with van der Waals surface area (Å²) in [5.74, 6) is -1.14. The van der Waals surface area contributed by atoms with Gasteiger partial charge < -0.3 is 9.84 Å². The summed E-state index contributed by atoms with van der Waals surface area (Å²) in [6, 6.07) is 2.30. The molecule has 0 unspecified atom stereocenters. The molecule has 90 valence electrons. The van der Waals surface area contributed by atoms with Gasteiger partial charge in [-0.15, -0.1) is 0 Å². The Morgan fingerprint density at radius 2 is 1.75 bits per heavy atom. The van der Waals surface area contributed by atoms with Crippen LogP contribution < -0.4 is 4.74 Å². The van der Waals surface area contributed by atoms with Gasteiger partial charge in [-0.3, -0.25) is 0 Å². The van der Waals surface area contributed by atoms with Crippen molar-refractivity contribution in [1.29, 1.82) is 0 Å². The first kappa shape index (κ1) is 12.9. The van der Waals surface area contributed by atoms with E-state index < -0.39 is 17.0 Å². The zero-order chi connectivity index (χ0) is 12.3. The minimum Gasteiger partial charge on any atom is -0.497 e. The average Bonchev–Trinajstić information content (AvgIpc) is 2.15. The molecule has 0 aliphatic heterocycles. The highest BCUT2D eigenvalue weighted by atomic mass is 19.1. The minimum absolute atomic E-state index is 0.0117. The maximum Gasteiger partial charge on any atom is 0.133 e. The molecule has 1 aromatic carbocycles. The van der Waals surface area contributed by atoms with Gasteiger partial charge in [-0.05, 0) is 11.8 Å². The van der Waals surface area contributed by atoms with Gasteiger partial charge in [-0.25, -0.2) is 8.78 Å². The molecule has 0 atom stereocenters. The molecular weight excluding hydrogens is 214 g/mol. The third-order valence-electron chi connectivity index (χ3n) is 2.66. The van der Waals surface area contributed by atoms with Gasteiger partial charge in [-0.1, -0.05) is 13.8 Å². The molecule has 16 heavy (non-hydrogen) atoms. The number of rotatable bonds is 4. The van der Waals surface area contributed by atoms with Gasteiger partial charge in [0, 0.05) is 24.3 Å². The molecule has 0 aliphatic rings. The summed E-state index contributed by atoms with van der Waals surface area (Å²) in [6.07, 6.45) is 0.299. The van der Waals surface area contributed by atoms with Crippen molar-refractivity contribution in [2.24, 2.45) is 0 Å². The van der Waals surface area contributed by atoms with Crippen LogP contribution in [0, 0.1) is 11.6 Å². The monoisotopic (exact) mass is 230 g/mol. The van der Waals surface area contributed by atoms with Crippen molar-refractivity contribution in [3.8, 4) is 5.75 Å². The molecule has 1 N–H and O–H groups in total. The van der Waals surface area contributed by atoms with E-state index in [4.69, 9.17) is 9.84 Å². The van der Waals surface area contributed by atoms with Crippen LogP contribution in [0.5, 0.6) is 5.75 Å². The molecule has 0 heterocycles. The van der Waals surface area contributed by atoms with E-state index in [0.717, 1.165) is 12.1 Å². The first-order chi connectivity index (χ1) is 7.42. The lowest BCUT2D eigenvalue weighted by Gasteiger charge is -2.25. The summed E-state index contributed by atoms with van der Waals surface area (Å²) in [7, 11) is 1.35. The maximum atomic E-state index is 13.7. The fraction of sp³-hybridized carbons (Fsp3) is 0.500. The molecule has 0 bridgehead atoms. The number of hydrogen-bond acceptors (Lipinski definition) is 2. The van der Waals surface area contributed by atoms with Gasteiger partial charge in [0.15, 0.2) is 0 Å². The van der Waals surface area contributed by atoms with Gasteiger partial charge >= 0.3 is 0 Å². The average molecular weight is 230 g/mol. The topological polar surface area (TPSA) is 29.5 Å². The van der Waals surface area contributed by atoms with Gasteiger partial charge in [-0.2, -0.15) is 0 Å². The van der Waals surface area contributed by atoms with E-state index in [1.807, 2.05) is 0 Å². The number of aliphatic hydroxyl groups is 1. The lowest BCUT2D eigenvalue weighted by molar-refractivity contribution is 0.247. The van der Waals surface area contributed by atoms with Crippen molar-refractivity contribution >= 4 is 0 Å². The molecule has 0 aliphatic carbocycles. The third-order valence-corrected chi connectivity index (χ3v) is 2.66. The maximum absolute atomic E-state index is 13.7. The minimum atomic E-state index is -0.741. The molecule has 2 nitrogen and oxygen atoms in total. The highest BCUT2D eigenvalue weighted by molar-refractivity contribution is 5.34. The van der Waals surface area contributed by atoms with Gasteiger partial charge in [0.05, 0.1) is 7.11 Å². The number of benzene rings is 1. The van der Waals surface area contributed by atoms with E-state index in [1.165, 1.54) is 7.11 Å². The van der Waals surface area contributed by atoms with Gasteiger partial charge in [0.1, 0.15) is 17.4 Å². The quantitative estimate of drug-likeness (QED) is 0.861. The van der Waals surface area contributed by atoms with Crippen LogP contribution in [-0.4, -0.2) is 18.8 Å². The zero-order valence-corrected chi connectivity index (χ0v) is 9.68. The summed E-state index contributed by atoms with van der Waals surface area (Å²) in [5, 5.41) is 8.88. The second-order valence-electron chi connectivity index (χ2n) is 4.32. The van der Waals surface area contributed by atoms with E-state index >= 15 is 0 Å². The predicted octanol–water partition coefficient (Wildman–Crippen LogP) is 2.63. The van der Waals surface area contributed by atoms with E-state index in [1.54, 1.807) is 13.8 Å². The largest absolute Gasteiger partial charge is 0.497 e. The Hall–Kier alpha value is -1.16. The Balaban J connectivity index is 3.23. The predicted molar refractivity (Wildman–Crippen MR) is 57.6 cm³/mol. The van der Waals surface area contributed by atoms with Crippen molar-refractivity contribution in [2.75, 3.05) is 13.7 Å². The highest BCUT2D eigenvalue weighted by Crippen LogP contribution is 2.33. The first-order valence-corrected chi connectivity index (χ1v) is 5.06. The van der Waals surface area contributed by atoms with Crippen molar-refractivity contribution in [3.05, 3.63) is 29.3 Å². The van der Waals surface area contributed by atoms with Crippen molar-refractivity contribution < 1.29 is 18.6 Å². The van der Waals surface area contributed by atoms with Crippen molar-refractivity contribution in [3.63, 3.8) is 0 Å². The van der Waals surface area contributed by atoms with Crippen LogP contribution in [0.25, 0.3) is 0 Å². The Labute approximate surface area is 93.9 Å². The highest BCUT2D eigenvalue weighted by Gasteiger charge is 2.28. The molecule has 0 spiro atoms. The first-order valence-electron chi connectivity index (χ1n) is 5.06. The summed E-state index contributed by atoms with van der Waals surface area (Å²) < 4.78 is 32.2. The lowest BCUT2D eigenvalue weighted by atomic mass is 9.81. The summed E-state index contributed by atoms with van der Waals surface area (Å²) >= 11 is 0. The summed E-state index contributed by atoms with van der Waals surface area (Å²) in [6.45, 7) is 3.27. The molecule has 0 amide bonds. The molecule has 0 saturated heterocycles. The van der Waals surface area contributed by atoms with Crippen LogP contribution in [-0.2, 0) is 5.41 Å². The van der Waals surface area contributed by atoms with E-state index in [-0.39, 0.29) is 17.9 Å². The number of hydrogen-bond donors (Lipinski definition) is 1. The number of ether oxygens (including phenoxy) is 1. The Bertz CT molecular complexity index is 352. The standard InChI is InChI=1S/C12H16F2O2/c1-12(2,4-5-15)11-9(13)6-8(16-3)7-10(11)14/h6-7,15H,4-5H2,1-3H3. The van der Waals surface area contributed by atoms with Crippen LogP contribution in [0.15, 0.2) is 12.1 Å². The fourth-order valence-corrected chi connectivity index (χ4v) is 1.72. The fourth-order valence-electron chi connectivity index (χ4n) is 1.72. The van der Waals surface area contributed by atoms with Crippen LogP contribution in [0.4, 0.5) is 8.78 Å². The molecule has 0 aromatic heterocycles. The van der Waals surface area contributed by atoms with Gasteiger partial charge in [0.25, 0.3) is 0 Å². The molecule has 4 heteroatoms. The Kier molecular flexibility index (Phi) is 3.86. The van der Waals surface area contributed by atoms with E-state index in [2.05, 4.69) is 0 Å². The van der Waals surface area contributed by atoms with Crippen LogP contribution in [0.1, 0.15) is 25.8 Å². The Morgan fingerprint density at radius 3 is 2.12 bits per heavy atom.